The summed E-state index contributed by atoms with van der Waals surface area (Å²) < 4.78 is 12.8. The van der Waals surface area contributed by atoms with Crippen LogP contribution in [0.5, 0.6) is 0 Å². The minimum absolute atomic E-state index is 0.459. The molecule has 0 aromatic heterocycles. The number of hydrogen-bond donors (Lipinski definition) is 1. The van der Waals surface area contributed by atoms with Crippen molar-refractivity contribution in [1.82, 2.24) is 10.2 Å². The number of carbonyl (C=O) groups is 3. The van der Waals surface area contributed by atoms with E-state index in [1.54, 1.807) is 19.2 Å². The van der Waals surface area contributed by atoms with Crippen LogP contribution in [0.3, 0.4) is 0 Å². The third kappa shape index (κ3) is 1.51. The quantitative estimate of drug-likeness (QED) is 0.580. The molecule has 5 nitrogen and oxygen atoms in total. The Hall–Kier alpha value is -1.46. The van der Waals surface area contributed by atoms with E-state index in [9.17, 15) is 18.8 Å². The summed E-state index contributed by atoms with van der Waals surface area (Å²) in [4.78, 5) is 33.4. The molecule has 0 aliphatic carbocycles. The Balaban J connectivity index is 2.92. The number of barbiturate groups is 1. The molecule has 0 aromatic rings. The lowest BCUT2D eigenvalue weighted by Crippen LogP contribution is -2.61. The molecule has 1 aliphatic rings. The van der Waals surface area contributed by atoms with Crippen molar-refractivity contribution in [3.8, 4) is 0 Å². The predicted molar refractivity (Wildman–Crippen MR) is 40.4 cm³/mol. The molecule has 1 atom stereocenters. The van der Waals surface area contributed by atoms with E-state index in [1.165, 1.54) is 0 Å². The predicted octanol–water partition coefficient (Wildman–Crippen LogP) is -0.189. The van der Waals surface area contributed by atoms with Gasteiger partial charge in [-0.1, -0.05) is 0 Å². The zero-order valence-electron chi connectivity index (χ0n) is 7.20. The van der Waals surface area contributed by atoms with Crippen molar-refractivity contribution in [2.24, 2.45) is 0 Å². The number of nitrogens with one attached hydrogen (secondary N) is 1. The van der Waals surface area contributed by atoms with Crippen LogP contribution in [0.25, 0.3) is 0 Å². The summed E-state index contributed by atoms with van der Waals surface area (Å²) in [6.07, 6.45) is -2.26. The van der Waals surface area contributed by atoms with Gasteiger partial charge in [0.05, 0.1) is 0 Å². The highest BCUT2D eigenvalue weighted by molar-refractivity contribution is 6.18. The molecule has 0 aromatic carbocycles. The first-order chi connectivity index (χ1) is 5.95. The highest BCUT2D eigenvalue weighted by Gasteiger charge is 2.41. The SMILES string of the molecule is CC(C)N1C(=O)NC(=O)C(F)C1=O. The molecule has 1 saturated heterocycles. The standard InChI is InChI=1S/C7H9FN2O3/c1-3(2)10-6(12)4(8)5(11)9-7(10)13/h3-4H,1-2H3,(H,9,11,13). The molecule has 1 heterocycles. The summed E-state index contributed by atoms with van der Waals surface area (Å²) in [5.41, 5.74) is 0. The van der Waals surface area contributed by atoms with Gasteiger partial charge in [0.15, 0.2) is 0 Å². The number of halogens is 1. The van der Waals surface area contributed by atoms with E-state index in [0.29, 0.717) is 4.90 Å². The maximum absolute atomic E-state index is 12.8. The average molecular weight is 188 g/mol. The van der Waals surface area contributed by atoms with Gasteiger partial charge in [0.25, 0.3) is 18.0 Å². The fraction of sp³-hybridized carbons (Fsp3) is 0.571. The Labute approximate surface area is 73.9 Å². The van der Waals surface area contributed by atoms with E-state index in [2.05, 4.69) is 0 Å². The molecule has 1 rings (SSSR count). The number of urea groups is 1. The minimum Gasteiger partial charge on any atom is -0.275 e. The molecule has 0 saturated carbocycles. The Kier molecular flexibility index (Phi) is 2.31. The van der Waals surface area contributed by atoms with Crippen LogP contribution >= 0.6 is 0 Å². The van der Waals surface area contributed by atoms with Crippen LogP contribution in [0.2, 0.25) is 0 Å². The van der Waals surface area contributed by atoms with Crippen molar-refractivity contribution in [2.45, 2.75) is 26.1 Å². The van der Waals surface area contributed by atoms with E-state index < -0.39 is 30.1 Å². The first-order valence-electron chi connectivity index (χ1n) is 3.77. The van der Waals surface area contributed by atoms with Crippen LogP contribution in [0.4, 0.5) is 9.18 Å². The van der Waals surface area contributed by atoms with Crippen molar-refractivity contribution >= 4 is 17.8 Å². The average Bonchev–Trinajstić information content (AvgIpc) is 1.99. The summed E-state index contributed by atoms with van der Waals surface area (Å²) in [7, 11) is 0. The number of imide groups is 2. The third-order valence-corrected chi connectivity index (χ3v) is 1.65. The zero-order chi connectivity index (χ0) is 10.2. The Bertz CT molecular complexity index is 277. The topological polar surface area (TPSA) is 66.5 Å². The lowest BCUT2D eigenvalue weighted by molar-refractivity contribution is -0.144. The fourth-order valence-corrected chi connectivity index (χ4v) is 1.05. The summed E-state index contributed by atoms with van der Waals surface area (Å²) in [6, 6.07) is -1.32. The van der Waals surface area contributed by atoms with Gasteiger partial charge in [-0.2, -0.15) is 0 Å². The van der Waals surface area contributed by atoms with Crippen molar-refractivity contribution in [3.05, 3.63) is 0 Å². The molecule has 4 amide bonds. The molecule has 72 valence electrons. The first kappa shape index (κ1) is 9.63. The molecule has 13 heavy (non-hydrogen) atoms. The molecule has 0 spiro atoms. The lowest BCUT2D eigenvalue weighted by Gasteiger charge is -2.29. The smallest absolute Gasteiger partial charge is 0.275 e. The second kappa shape index (κ2) is 3.12. The summed E-state index contributed by atoms with van der Waals surface area (Å²) in [6.45, 7) is 3.11. The van der Waals surface area contributed by atoms with E-state index in [1.807, 2.05) is 0 Å². The Morgan fingerprint density at radius 2 is 1.92 bits per heavy atom. The van der Waals surface area contributed by atoms with Crippen LogP contribution < -0.4 is 5.32 Å². The second-order valence-electron chi connectivity index (χ2n) is 2.96. The second-order valence-corrected chi connectivity index (χ2v) is 2.96. The maximum Gasteiger partial charge on any atom is 0.331 e. The molecule has 1 fully saturated rings. The number of alkyl halides is 1. The number of hydrogen-bond acceptors (Lipinski definition) is 3. The summed E-state index contributed by atoms with van der Waals surface area (Å²) in [5, 5.41) is 1.74. The van der Waals surface area contributed by atoms with Crippen LogP contribution in [0.1, 0.15) is 13.8 Å². The van der Waals surface area contributed by atoms with E-state index in [0.717, 1.165) is 0 Å². The number of amides is 4. The van der Waals surface area contributed by atoms with Gasteiger partial charge in [-0.05, 0) is 13.8 Å². The number of carbonyl (C=O) groups excluding carboxylic acids is 3. The van der Waals surface area contributed by atoms with Gasteiger partial charge in [0, 0.05) is 6.04 Å². The third-order valence-electron chi connectivity index (χ3n) is 1.65. The van der Waals surface area contributed by atoms with Crippen molar-refractivity contribution in [1.29, 1.82) is 0 Å². The minimum atomic E-state index is -2.26. The molecule has 1 unspecified atom stereocenters. The highest BCUT2D eigenvalue weighted by atomic mass is 19.1. The van der Waals surface area contributed by atoms with Gasteiger partial charge in [0.1, 0.15) is 0 Å². The van der Waals surface area contributed by atoms with Crippen molar-refractivity contribution in [3.63, 3.8) is 0 Å². The van der Waals surface area contributed by atoms with Crippen LogP contribution in [0, 0.1) is 0 Å². The summed E-state index contributed by atoms with van der Waals surface area (Å²) >= 11 is 0. The van der Waals surface area contributed by atoms with Gasteiger partial charge in [-0.25, -0.2) is 9.18 Å². The molecule has 0 bridgehead atoms. The highest BCUT2D eigenvalue weighted by Crippen LogP contribution is 2.10. The number of nitrogens with zero attached hydrogens (tertiary/aromatic N) is 1. The first-order valence-corrected chi connectivity index (χ1v) is 3.77. The van der Waals surface area contributed by atoms with Crippen molar-refractivity contribution in [2.75, 3.05) is 0 Å². The van der Waals surface area contributed by atoms with Crippen LogP contribution in [-0.2, 0) is 9.59 Å². The Morgan fingerprint density at radius 1 is 1.38 bits per heavy atom. The van der Waals surface area contributed by atoms with E-state index in [-0.39, 0.29) is 0 Å². The fourth-order valence-electron chi connectivity index (χ4n) is 1.05. The lowest BCUT2D eigenvalue weighted by atomic mass is 10.2. The molecule has 1 N–H and O–H groups in total. The normalized spacial score (nSPS) is 23.8. The largest absolute Gasteiger partial charge is 0.331 e. The zero-order valence-corrected chi connectivity index (χ0v) is 7.20. The monoisotopic (exact) mass is 188 g/mol. The van der Waals surface area contributed by atoms with E-state index in [4.69, 9.17) is 0 Å². The van der Waals surface area contributed by atoms with Gasteiger partial charge in [-0.15, -0.1) is 0 Å². The van der Waals surface area contributed by atoms with Gasteiger partial charge >= 0.3 is 6.03 Å². The Morgan fingerprint density at radius 3 is 2.38 bits per heavy atom. The molecule has 1 aliphatic heterocycles. The molecule has 6 heteroatoms. The van der Waals surface area contributed by atoms with Crippen molar-refractivity contribution < 1.29 is 18.8 Å². The maximum atomic E-state index is 12.8. The van der Waals surface area contributed by atoms with E-state index >= 15 is 0 Å². The summed E-state index contributed by atoms with van der Waals surface area (Å²) in [5.74, 6) is -2.28. The molecular weight excluding hydrogens is 179 g/mol. The van der Waals surface area contributed by atoms with Crippen LogP contribution in [0.15, 0.2) is 0 Å². The van der Waals surface area contributed by atoms with Crippen LogP contribution in [-0.4, -0.2) is 35.0 Å². The molecule has 0 radical (unpaired) electrons. The number of rotatable bonds is 1. The molecular formula is C7H9FN2O3. The van der Waals surface area contributed by atoms with Gasteiger partial charge in [0.2, 0.25) is 0 Å². The van der Waals surface area contributed by atoms with Gasteiger partial charge < -0.3 is 0 Å². The van der Waals surface area contributed by atoms with Gasteiger partial charge in [-0.3, -0.25) is 19.8 Å².